The van der Waals surface area contributed by atoms with Crippen LogP contribution in [0.25, 0.3) is 0 Å². The minimum absolute atomic E-state index is 0.166. The minimum Gasteiger partial charge on any atom is -0.496 e. The topological polar surface area (TPSA) is 71.9 Å². The zero-order valence-electron chi connectivity index (χ0n) is 16.4. The lowest BCUT2D eigenvalue weighted by atomic mass is 9.93. The summed E-state index contributed by atoms with van der Waals surface area (Å²) >= 11 is 0. The molecule has 1 N–H and O–H groups in total. The maximum atomic E-state index is 12.8. The number of hydrogen-bond acceptors (Lipinski definition) is 5. The summed E-state index contributed by atoms with van der Waals surface area (Å²) in [6.45, 7) is 0.123. The fourth-order valence-electron chi connectivity index (χ4n) is 3.57. The maximum absolute atomic E-state index is 12.8. The van der Waals surface area contributed by atoms with Crippen LogP contribution < -0.4 is 9.47 Å². The normalized spacial score (nSPS) is 18.0. The smallest absolute Gasteiger partial charge is 0.416 e. The molecule has 6 nitrogen and oxygen atoms in total. The van der Waals surface area contributed by atoms with Crippen LogP contribution in [0.5, 0.6) is 11.5 Å². The van der Waals surface area contributed by atoms with E-state index in [9.17, 15) is 23.1 Å². The highest BCUT2D eigenvalue weighted by molar-refractivity contribution is 5.78. The van der Waals surface area contributed by atoms with Gasteiger partial charge in [-0.25, -0.2) is 0 Å². The summed E-state index contributed by atoms with van der Waals surface area (Å²) in [5.41, 5.74) is -0.292. The number of ether oxygens (including phenoxy) is 2. The van der Waals surface area contributed by atoms with Crippen molar-refractivity contribution in [1.29, 1.82) is 0 Å². The van der Waals surface area contributed by atoms with Crippen molar-refractivity contribution >= 4 is 5.91 Å². The molecule has 0 bridgehead atoms. The molecule has 2 aromatic rings. The molecule has 1 aromatic carbocycles. The largest absolute Gasteiger partial charge is 0.496 e. The van der Waals surface area contributed by atoms with E-state index in [0.717, 1.165) is 25.0 Å². The molecule has 1 saturated heterocycles. The van der Waals surface area contributed by atoms with Crippen LogP contribution in [0.4, 0.5) is 13.2 Å². The number of carbonyl (C=O) groups excluding carboxylic acids is 1. The number of methoxy groups -OCH3 is 1. The van der Waals surface area contributed by atoms with Gasteiger partial charge < -0.3 is 19.5 Å². The van der Waals surface area contributed by atoms with Gasteiger partial charge in [-0.05, 0) is 49.6 Å². The van der Waals surface area contributed by atoms with Crippen LogP contribution >= 0.6 is 0 Å². The van der Waals surface area contributed by atoms with Crippen molar-refractivity contribution in [2.24, 2.45) is 0 Å². The molecule has 1 aliphatic rings. The first kappa shape index (κ1) is 21.9. The van der Waals surface area contributed by atoms with Crippen molar-refractivity contribution in [3.63, 3.8) is 0 Å². The number of piperidine rings is 1. The van der Waals surface area contributed by atoms with Crippen LogP contribution in [-0.2, 0) is 11.0 Å². The Morgan fingerprint density at radius 3 is 2.67 bits per heavy atom. The van der Waals surface area contributed by atoms with Crippen LogP contribution in [0.2, 0.25) is 0 Å². The van der Waals surface area contributed by atoms with E-state index in [1.165, 1.54) is 25.4 Å². The Balaban J connectivity index is 1.67. The molecular formula is C21H23F3N2O4. The summed E-state index contributed by atoms with van der Waals surface area (Å²) in [5.74, 6) is 0.303. The summed E-state index contributed by atoms with van der Waals surface area (Å²) < 4.78 is 48.6. The molecule has 0 aliphatic carbocycles. The second kappa shape index (κ2) is 9.34. The number of likely N-dealkylation sites (tertiary alicyclic amines) is 1. The van der Waals surface area contributed by atoms with Gasteiger partial charge >= 0.3 is 6.18 Å². The number of hydrogen-bond donors (Lipinski definition) is 1. The molecule has 162 valence electrons. The molecule has 2 atom stereocenters. The average molecular weight is 424 g/mol. The van der Waals surface area contributed by atoms with Gasteiger partial charge in [0, 0.05) is 24.5 Å². The van der Waals surface area contributed by atoms with Crippen molar-refractivity contribution in [1.82, 2.24) is 9.88 Å². The third-order valence-electron chi connectivity index (χ3n) is 5.13. The molecular weight excluding hydrogens is 401 g/mol. The van der Waals surface area contributed by atoms with Gasteiger partial charge in [0.1, 0.15) is 17.6 Å². The van der Waals surface area contributed by atoms with Gasteiger partial charge in [-0.1, -0.05) is 0 Å². The van der Waals surface area contributed by atoms with Gasteiger partial charge in [0.05, 0.1) is 18.7 Å². The lowest BCUT2D eigenvalue weighted by molar-refractivity contribution is -0.140. The summed E-state index contributed by atoms with van der Waals surface area (Å²) in [6, 6.07) is 5.34. The predicted octanol–water partition coefficient (Wildman–Crippen LogP) is 3.60. The van der Waals surface area contributed by atoms with E-state index < -0.39 is 23.9 Å². The molecule has 1 unspecified atom stereocenters. The molecule has 9 heteroatoms. The number of aromatic nitrogens is 1. The van der Waals surface area contributed by atoms with Crippen molar-refractivity contribution in [3.8, 4) is 11.5 Å². The van der Waals surface area contributed by atoms with Crippen molar-refractivity contribution in [3.05, 3.63) is 53.9 Å². The molecule has 30 heavy (non-hydrogen) atoms. The Kier molecular flexibility index (Phi) is 6.81. The van der Waals surface area contributed by atoms with Crippen molar-refractivity contribution in [2.75, 3.05) is 20.3 Å². The zero-order chi connectivity index (χ0) is 21.7. The Bertz CT molecular complexity index is 858. The number of aliphatic hydroxyl groups excluding tert-OH is 1. The average Bonchev–Trinajstić information content (AvgIpc) is 2.76. The van der Waals surface area contributed by atoms with Crippen LogP contribution in [0.1, 0.15) is 36.5 Å². The van der Waals surface area contributed by atoms with Gasteiger partial charge in [0.2, 0.25) is 0 Å². The highest BCUT2D eigenvalue weighted by Gasteiger charge is 2.34. The van der Waals surface area contributed by atoms with E-state index in [0.29, 0.717) is 24.3 Å². The molecule has 0 radical (unpaired) electrons. The second-order valence-corrected chi connectivity index (χ2v) is 7.02. The number of rotatable bonds is 6. The summed E-state index contributed by atoms with van der Waals surface area (Å²) in [5, 5.41) is 10.9. The number of aliphatic hydroxyl groups is 1. The summed E-state index contributed by atoms with van der Waals surface area (Å²) in [7, 11) is 1.49. The number of alkyl halides is 3. The maximum Gasteiger partial charge on any atom is 0.416 e. The Hall–Kier alpha value is -2.81. The minimum atomic E-state index is -4.43. The third-order valence-corrected chi connectivity index (χ3v) is 5.13. The van der Waals surface area contributed by atoms with E-state index in [1.807, 2.05) is 0 Å². The Morgan fingerprint density at radius 1 is 1.27 bits per heavy atom. The number of halogens is 3. The van der Waals surface area contributed by atoms with Crippen molar-refractivity contribution < 1.29 is 32.5 Å². The Morgan fingerprint density at radius 2 is 2.00 bits per heavy atom. The standard InChI is InChI=1S/C21H23F3N2O4/c1-29-18-9-10-25-12-16(18)20(28)17-4-2-3-11-26(17)19(27)13-30-15-7-5-14(6-8-15)21(22,23)24/h5-10,12,17,20,28H,2-4,11,13H2,1H3/t17-,20?/m1/s1. The van der Waals surface area contributed by atoms with Crippen LogP contribution in [-0.4, -0.2) is 47.2 Å². The monoisotopic (exact) mass is 424 g/mol. The molecule has 2 heterocycles. The second-order valence-electron chi connectivity index (χ2n) is 7.02. The van der Waals surface area contributed by atoms with Crippen LogP contribution in [0.3, 0.4) is 0 Å². The number of amides is 1. The summed E-state index contributed by atoms with van der Waals surface area (Å²) in [6.07, 6.45) is -0.0999. The lowest BCUT2D eigenvalue weighted by Crippen LogP contribution is -2.48. The molecule has 0 spiro atoms. The summed E-state index contributed by atoms with van der Waals surface area (Å²) in [4.78, 5) is 18.4. The molecule has 1 fully saturated rings. The quantitative estimate of drug-likeness (QED) is 0.767. The SMILES string of the molecule is COc1ccncc1C(O)[C@H]1CCCCN1C(=O)COc1ccc(C(F)(F)F)cc1. The van der Waals surface area contributed by atoms with Gasteiger partial charge in [-0.3, -0.25) is 9.78 Å². The van der Waals surface area contributed by atoms with Gasteiger partial charge in [-0.2, -0.15) is 13.2 Å². The first-order valence-corrected chi connectivity index (χ1v) is 9.56. The zero-order valence-corrected chi connectivity index (χ0v) is 16.4. The number of benzene rings is 1. The van der Waals surface area contributed by atoms with E-state index in [4.69, 9.17) is 9.47 Å². The van der Waals surface area contributed by atoms with Crippen LogP contribution in [0, 0.1) is 0 Å². The molecule has 1 aromatic heterocycles. The predicted molar refractivity (Wildman–Crippen MR) is 102 cm³/mol. The van der Waals surface area contributed by atoms with Crippen molar-refractivity contribution in [2.45, 2.75) is 37.6 Å². The number of pyridine rings is 1. The van der Waals surface area contributed by atoms with Gasteiger partial charge in [0.25, 0.3) is 5.91 Å². The van der Waals surface area contributed by atoms with E-state index in [1.54, 1.807) is 17.2 Å². The fraction of sp³-hybridized carbons (Fsp3) is 0.429. The number of carbonyl (C=O) groups is 1. The van der Waals surface area contributed by atoms with Gasteiger partial charge in [-0.15, -0.1) is 0 Å². The third kappa shape index (κ3) is 5.02. The molecule has 1 amide bonds. The first-order chi connectivity index (χ1) is 14.3. The number of nitrogens with zero attached hydrogens (tertiary/aromatic N) is 2. The fourth-order valence-corrected chi connectivity index (χ4v) is 3.57. The highest BCUT2D eigenvalue weighted by Crippen LogP contribution is 2.33. The molecule has 3 rings (SSSR count). The van der Waals surface area contributed by atoms with E-state index >= 15 is 0 Å². The van der Waals surface area contributed by atoms with E-state index in [-0.39, 0.29) is 18.3 Å². The highest BCUT2D eigenvalue weighted by atomic mass is 19.4. The Labute approximate surface area is 172 Å². The van der Waals surface area contributed by atoms with Crippen LogP contribution in [0.15, 0.2) is 42.7 Å². The molecule has 1 aliphatic heterocycles. The van der Waals surface area contributed by atoms with Gasteiger partial charge in [0.15, 0.2) is 6.61 Å². The molecule has 0 saturated carbocycles. The lowest BCUT2D eigenvalue weighted by Gasteiger charge is -2.38. The van der Waals surface area contributed by atoms with E-state index in [2.05, 4.69) is 4.98 Å². The first-order valence-electron chi connectivity index (χ1n) is 9.56.